The fraction of sp³-hybridized carbons (Fsp3) is 0.133. The van der Waals surface area contributed by atoms with E-state index in [0.29, 0.717) is 29.1 Å². The summed E-state index contributed by atoms with van der Waals surface area (Å²) in [6.45, 7) is 0.493. The lowest BCUT2D eigenvalue weighted by Crippen LogP contribution is -2.25. The van der Waals surface area contributed by atoms with Gasteiger partial charge in [0.2, 0.25) is 10.0 Å². The highest BCUT2D eigenvalue weighted by atomic mass is 32.2. The molecule has 0 atom stereocenters. The maximum Gasteiger partial charge on any atom is 0.232 e. The van der Waals surface area contributed by atoms with E-state index in [-0.39, 0.29) is 5.82 Å². The number of hydrogen-bond donors (Lipinski definition) is 2. The number of sulfonamides is 1. The molecule has 0 saturated carbocycles. The second-order valence-electron chi connectivity index (χ2n) is 9.61. The Hall–Kier alpha value is -4.54. The van der Waals surface area contributed by atoms with Crippen LogP contribution >= 0.6 is 0 Å². The summed E-state index contributed by atoms with van der Waals surface area (Å²) < 4.78 is 46.7. The number of H-pyrrole nitrogens is 1. The lowest BCUT2D eigenvalue weighted by molar-refractivity contribution is 0.600. The Kier molecular flexibility index (Phi) is 6.36. The van der Waals surface area contributed by atoms with Crippen molar-refractivity contribution in [1.29, 1.82) is 0 Å². The Morgan fingerprint density at radius 2 is 1.68 bits per heavy atom. The Morgan fingerprint density at radius 1 is 0.950 bits per heavy atom. The standard InChI is InChI=1S/C30H26FN5O3S/c1-32-17-25-23-15-22(20-6-9-26-24(14-20)29(35-34-26)18-10-12-33-13-11-18)27(36(2)40(3,37)38)16-28(23)39-30(25)19-4-7-21(31)8-5-19/h4-16,32H,17H2,1-3H3,(H,34,35). The summed E-state index contributed by atoms with van der Waals surface area (Å²) >= 11 is 0. The smallest absolute Gasteiger partial charge is 0.232 e. The molecule has 202 valence electrons. The van der Waals surface area contributed by atoms with E-state index < -0.39 is 10.0 Å². The second kappa shape index (κ2) is 9.89. The van der Waals surface area contributed by atoms with Gasteiger partial charge in [-0.2, -0.15) is 5.10 Å². The quantitative estimate of drug-likeness (QED) is 0.252. The molecular formula is C30H26FN5O3S. The summed E-state index contributed by atoms with van der Waals surface area (Å²) in [5.74, 6) is 0.259. The molecule has 3 heterocycles. The van der Waals surface area contributed by atoms with E-state index in [2.05, 4.69) is 20.5 Å². The van der Waals surface area contributed by atoms with Crippen LogP contribution in [0.4, 0.5) is 10.1 Å². The largest absolute Gasteiger partial charge is 0.456 e. The molecule has 6 rings (SSSR count). The fourth-order valence-electron chi connectivity index (χ4n) is 4.95. The molecule has 0 aliphatic rings. The number of pyridine rings is 1. The van der Waals surface area contributed by atoms with Gasteiger partial charge in [-0.05, 0) is 67.2 Å². The molecular weight excluding hydrogens is 529 g/mol. The number of fused-ring (bicyclic) bond motifs is 2. The summed E-state index contributed by atoms with van der Waals surface area (Å²) in [5, 5.41) is 12.5. The zero-order valence-electron chi connectivity index (χ0n) is 22.1. The topological polar surface area (TPSA) is 104 Å². The predicted octanol–water partition coefficient (Wildman–Crippen LogP) is 5.96. The number of nitrogens with one attached hydrogen (secondary N) is 2. The van der Waals surface area contributed by atoms with Crippen LogP contribution in [0.5, 0.6) is 0 Å². The van der Waals surface area contributed by atoms with Crippen molar-refractivity contribution in [3.05, 3.63) is 90.5 Å². The van der Waals surface area contributed by atoms with Crippen LogP contribution in [0, 0.1) is 5.82 Å². The van der Waals surface area contributed by atoms with Crippen molar-refractivity contribution in [2.75, 3.05) is 24.7 Å². The zero-order valence-corrected chi connectivity index (χ0v) is 22.9. The number of anilines is 1. The van der Waals surface area contributed by atoms with Crippen LogP contribution < -0.4 is 9.62 Å². The molecule has 6 aromatic rings. The number of aromatic nitrogens is 3. The summed E-state index contributed by atoms with van der Waals surface area (Å²) in [5.41, 5.74) is 6.69. The van der Waals surface area contributed by atoms with E-state index in [1.807, 2.05) is 43.4 Å². The third-order valence-electron chi connectivity index (χ3n) is 7.03. The Labute approximate surface area is 230 Å². The molecule has 0 spiro atoms. The first-order valence-electron chi connectivity index (χ1n) is 12.6. The first-order valence-corrected chi connectivity index (χ1v) is 14.4. The number of rotatable bonds is 7. The van der Waals surface area contributed by atoms with Crippen molar-refractivity contribution in [3.63, 3.8) is 0 Å². The molecule has 0 bridgehead atoms. The number of benzene rings is 3. The van der Waals surface area contributed by atoms with E-state index >= 15 is 0 Å². The highest BCUT2D eigenvalue weighted by Gasteiger charge is 2.23. The van der Waals surface area contributed by atoms with Crippen LogP contribution in [0.1, 0.15) is 5.56 Å². The molecule has 0 aliphatic carbocycles. The van der Waals surface area contributed by atoms with Gasteiger partial charge in [-0.1, -0.05) is 6.07 Å². The normalized spacial score (nSPS) is 11.9. The maximum absolute atomic E-state index is 13.7. The lowest BCUT2D eigenvalue weighted by Gasteiger charge is -2.21. The molecule has 0 saturated heterocycles. The molecule has 10 heteroatoms. The Bertz CT molecular complexity index is 1970. The molecule has 3 aromatic carbocycles. The maximum atomic E-state index is 13.7. The average Bonchev–Trinajstić information content (AvgIpc) is 3.53. The minimum absolute atomic E-state index is 0.338. The monoisotopic (exact) mass is 555 g/mol. The Morgan fingerprint density at radius 3 is 2.38 bits per heavy atom. The summed E-state index contributed by atoms with van der Waals surface area (Å²) in [6, 6.07) is 19.5. The van der Waals surface area contributed by atoms with Gasteiger partial charge in [-0.15, -0.1) is 0 Å². The molecule has 0 aliphatic heterocycles. The summed E-state index contributed by atoms with van der Waals surface area (Å²) in [4.78, 5) is 4.10. The summed E-state index contributed by atoms with van der Waals surface area (Å²) in [7, 11) is -0.230. The highest BCUT2D eigenvalue weighted by Crippen LogP contribution is 2.42. The highest BCUT2D eigenvalue weighted by molar-refractivity contribution is 7.92. The third-order valence-corrected chi connectivity index (χ3v) is 8.23. The molecule has 0 radical (unpaired) electrons. The van der Waals surface area contributed by atoms with Gasteiger partial charge in [-0.25, -0.2) is 12.8 Å². The lowest BCUT2D eigenvalue weighted by atomic mass is 9.97. The average molecular weight is 556 g/mol. The Balaban J connectivity index is 1.62. The van der Waals surface area contributed by atoms with Crippen LogP contribution in [-0.2, 0) is 16.6 Å². The number of furan rings is 1. The first-order chi connectivity index (χ1) is 19.2. The van der Waals surface area contributed by atoms with Gasteiger partial charge in [0.25, 0.3) is 0 Å². The van der Waals surface area contributed by atoms with Gasteiger partial charge in [0, 0.05) is 65.1 Å². The van der Waals surface area contributed by atoms with Crippen molar-refractivity contribution in [2.24, 2.45) is 0 Å². The van der Waals surface area contributed by atoms with Crippen LogP contribution in [-0.4, -0.2) is 44.0 Å². The van der Waals surface area contributed by atoms with E-state index in [9.17, 15) is 12.8 Å². The molecule has 8 nitrogen and oxygen atoms in total. The van der Waals surface area contributed by atoms with Crippen molar-refractivity contribution in [3.8, 4) is 33.7 Å². The molecule has 40 heavy (non-hydrogen) atoms. The number of aromatic amines is 1. The molecule has 2 N–H and O–H groups in total. The number of hydrogen-bond acceptors (Lipinski definition) is 6. The number of halogens is 1. The van der Waals surface area contributed by atoms with Crippen LogP contribution in [0.3, 0.4) is 0 Å². The molecule has 0 fully saturated rings. The van der Waals surface area contributed by atoms with Gasteiger partial charge < -0.3 is 9.73 Å². The van der Waals surface area contributed by atoms with Gasteiger partial charge in [0.1, 0.15) is 22.9 Å². The van der Waals surface area contributed by atoms with Crippen molar-refractivity contribution >= 4 is 37.6 Å². The zero-order chi connectivity index (χ0) is 28.0. The number of nitrogens with zero attached hydrogens (tertiary/aromatic N) is 3. The van der Waals surface area contributed by atoms with Gasteiger partial charge >= 0.3 is 0 Å². The van der Waals surface area contributed by atoms with E-state index in [1.54, 1.807) is 30.6 Å². The van der Waals surface area contributed by atoms with E-state index in [0.717, 1.165) is 44.2 Å². The van der Waals surface area contributed by atoms with Crippen molar-refractivity contribution < 1.29 is 17.2 Å². The molecule has 3 aromatic heterocycles. The second-order valence-corrected chi connectivity index (χ2v) is 11.6. The van der Waals surface area contributed by atoms with Gasteiger partial charge in [0.05, 0.1) is 17.5 Å². The molecule has 0 unspecified atom stereocenters. The summed E-state index contributed by atoms with van der Waals surface area (Å²) in [6.07, 6.45) is 4.60. The van der Waals surface area contributed by atoms with E-state index in [4.69, 9.17) is 4.42 Å². The van der Waals surface area contributed by atoms with Crippen molar-refractivity contribution in [2.45, 2.75) is 6.54 Å². The van der Waals surface area contributed by atoms with Crippen molar-refractivity contribution in [1.82, 2.24) is 20.5 Å². The van der Waals surface area contributed by atoms with Gasteiger partial charge in [0.15, 0.2) is 0 Å². The minimum Gasteiger partial charge on any atom is -0.456 e. The van der Waals surface area contributed by atoms with Crippen LogP contribution in [0.25, 0.3) is 55.6 Å². The SMILES string of the molecule is CNCc1c(-c2ccc(F)cc2)oc2cc(N(C)S(C)(=O)=O)c(-c3ccc4[nH]nc(-c5ccncc5)c4c3)cc12. The fourth-order valence-corrected chi connectivity index (χ4v) is 5.46. The van der Waals surface area contributed by atoms with E-state index in [1.165, 1.54) is 29.7 Å². The minimum atomic E-state index is -3.60. The molecule has 0 amide bonds. The van der Waals surface area contributed by atoms with Crippen LogP contribution in [0.15, 0.2) is 83.5 Å². The predicted molar refractivity (Wildman–Crippen MR) is 156 cm³/mol. The third kappa shape index (κ3) is 4.51. The van der Waals surface area contributed by atoms with Crippen LogP contribution in [0.2, 0.25) is 0 Å². The first kappa shape index (κ1) is 25.7. The van der Waals surface area contributed by atoms with Gasteiger partial charge in [-0.3, -0.25) is 14.4 Å².